The largest absolute Gasteiger partial charge is 0.343 e. The standard InChI is InChI=1S/C17H23N3O2.ClH/c18-14-7-10-19(11-8-14)16(21)9-12-20-15-4-2-1-3-13(15)5-6-17(20)22;/h1-4,14H,5-12,18H2;1H. The van der Waals surface area contributed by atoms with Crippen LogP contribution in [0, 0.1) is 0 Å². The molecule has 2 aliphatic heterocycles. The Labute approximate surface area is 143 Å². The lowest BCUT2D eigenvalue weighted by Crippen LogP contribution is -2.44. The van der Waals surface area contributed by atoms with Crippen LogP contribution in [0.25, 0.3) is 0 Å². The van der Waals surface area contributed by atoms with E-state index in [0.717, 1.165) is 38.0 Å². The molecule has 0 unspecified atom stereocenters. The summed E-state index contributed by atoms with van der Waals surface area (Å²) in [6.07, 6.45) is 3.46. The van der Waals surface area contributed by atoms with E-state index in [1.54, 1.807) is 4.90 Å². The SMILES string of the molecule is Cl.NC1CCN(C(=O)CCN2C(=O)CCc3ccccc32)CC1. The first-order valence-corrected chi connectivity index (χ1v) is 8.07. The van der Waals surface area contributed by atoms with Crippen LogP contribution in [-0.4, -0.2) is 42.4 Å². The van der Waals surface area contributed by atoms with Gasteiger partial charge in [0.1, 0.15) is 0 Å². The van der Waals surface area contributed by atoms with Crippen LogP contribution >= 0.6 is 12.4 Å². The molecule has 2 amide bonds. The van der Waals surface area contributed by atoms with Crippen molar-refractivity contribution in [2.24, 2.45) is 5.73 Å². The number of fused-ring (bicyclic) bond motifs is 1. The predicted molar refractivity (Wildman–Crippen MR) is 92.8 cm³/mol. The quantitative estimate of drug-likeness (QED) is 0.913. The van der Waals surface area contributed by atoms with E-state index in [1.807, 2.05) is 23.1 Å². The molecule has 0 radical (unpaired) electrons. The third kappa shape index (κ3) is 4.03. The van der Waals surface area contributed by atoms with Crippen molar-refractivity contribution in [1.29, 1.82) is 0 Å². The molecule has 2 aliphatic rings. The van der Waals surface area contributed by atoms with Gasteiger partial charge in [-0.3, -0.25) is 9.59 Å². The number of likely N-dealkylation sites (tertiary alicyclic amines) is 1. The predicted octanol–water partition coefficient (Wildman–Crippen LogP) is 1.73. The minimum atomic E-state index is 0. The van der Waals surface area contributed by atoms with Crippen molar-refractivity contribution in [1.82, 2.24) is 4.90 Å². The maximum atomic E-state index is 12.3. The van der Waals surface area contributed by atoms with E-state index < -0.39 is 0 Å². The molecule has 0 spiro atoms. The number of hydrogen-bond acceptors (Lipinski definition) is 3. The summed E-state index contributed by atoms with van der Waals surface area (Å²) in [5.41, 5.74) is 8.03. The maximum absolute atomic E-state index is 12.3. The van der Waals surface area contributed by atoms with Crippen LogP contribution in [0.2, 0.25) is 0 Å². The van der Waals surface area contributed by atoms with Crippen LogP contribution in [0.4, 0.5) is 5.69 Å². The molecule has 6 heteroatoms. The van der Waals surface area contributed by atoms with Crippen LogP contribution in [0.15, 0.2) is 24.3 Å². The number of nitrogens with zero attached hydrogens (tertiary/aromatic N) is 2. The molecule has 126 valence electrons. The molecule has 2 N–H and O–H groups in total. The lowest BCUT2D eigenvalue weighted by molar-refractivity contribution is -0.132. The maximum Gasteiger partial charge on any atom is 0.227 e. The number of piperidine rings is 1. The molecule has 1 aromatic rings. The third-order valence-corrected chi connectivity index (χ3v) is 4.63. The van der Waals surface area contributed by atoms with Crippen LogP contribution in [0.1, 0.15) is 31.2 Å². The smallest absolute Gasteiger partial charge is 0.227 e. The van der Waals surface area contributed by atoms with Gasteiger partial charge >= 0.3 is 0 Å². The number of halogens is 1. The first-order chi connectivity index (χ1) is 10.6. The van der Waals surface area contributed by atoms with Crippen molar-refractivity contribution < 1.29 is 9.59 Å². The molecule has 5 nitrogen and oxygen atoms in total. The number of anilines is 1. The van der Waals surface area contributed by atoms with Crippen LogP contribution in [0.5, 0.6) is 0 Å². The molecule has 1 aromatic carbocycles. The summed E-state index contributed by atoms with van der Waals surface area (Å²) in [6, 6.07) is 8.19. The number of nitrogens with two attached hydrogens (primary N) is 1. The Kier molecular flexibility index (Phi) is 6.02. The van der Waals surface area contributed by atoms with E-state index in [9.17, 15) is 9.59 Å². The van der Waals surface area contributed by atoms with E-state index in [2.05, 4.69) is 6.07 Å². The fourth-order valence-corrected chi connectivity index (χ4v) is 3.26. The van der Waals surface area contributed by atoms with E-state index >= 15 is 0 Å². The Morgan fingerprint density at radius 3 is 2.61 bits per heavy atom. The number of hydrogen-bond donors (Lipinski definition) is 1. The Hall–Kier alpha value is -1.59. The highest BCUT2D eigenvalue weighted by Crippen LogP contribution is 2.27. The van der Waals surface area contributed by atoms with Crippen molar-refractivity contribution in [3.63, 3.8) is 0 Å². The lowest BCUT2D eigenvalue weighted by atomic mass is 10.0. The van der Waals surface area contributed by atoms with Crippen LogP contribution in [0.3, 0.4) is 0 Å². The normalized spacial score (nSPS) is 18.4. The van der Waals surface area contributed by atoms with Crippen molar-refractivity contribution >= 4 is 29.9 Å². The van der Waals surface area contributed by atoms with Gasteiger partial charge in [0.2, 0.25) is 11.8 Å². The van der Waals surface area contributed by atoms with Crippen LogP contribution in [-0.2, 0) is 16.0 Å². The van der Waals surface area contributed by atoms with Gasteiger partial charge in [-0.25, -0.2) is 0 Å². The minimum Gasteiger partial charge on any atom is -0.343 e. The number of carbonyl (C=O) groups is 2. The summed E-state index contributed by atoms with van der Waals surface area (Å²) in [7, 11) is 0. The number of amides is 2. The number of para-hydroxylation sites is 1. The fourth-order valence-electron chi connectivity index (χ4n) is 3.26. The summed E-state index contributed by atoms with van der Waals surface area (Å²) in [4.78, 5) is 28.1. The monoisotopic (exact) mass is 337 g/mol. The second-order valence-corrected chi connectivity index (χ2v) is 6.14. The van der Waals surface area contributed by atoms with E-state index in [4.69, 9.17) is 5.73 Å². The summed E-state index contributed by atoms with van der Waals surface area (Å²) in [5, 5.41) is 0. The van der Waals surface area contributed by atoms with E-state index in [0.29, 0.717) is 19.4 Å². The summed E-state index contributed by atoms with van der Waals surface area (Å²) < 4.78 is 0. The van der Waals surface area contributed by atoms with Crippen LogP contribution < -0.4 is 10.6 Å². The highest BCUT2D eigenvalue weighted by atomic mass is 35.5. The summed E-state index contributed by atoms with van der Waals surface area (Å²) >= 11 is 0. The third-order valence-electron chi connectivity index (χ3n) is 4.63. The van der Waals surface area contributed by atoms with Gasteiger partial charge in [-0.15, -0.1) is 12.4 Å². The molecule has 1 fully saturated rings. The minimum absolute atomic E-state index is 0. The Morgan fingerprint density at radius 1 is 1.17 bits per heavy atom. The zero-order valence-electron chi connectivity index (χ0n) is 13.2. The fraction of sp³-hybridized carbons (Fsp3) is 0.529. The zero-order chi connectivity index (χ0) is 15.5. The first-order valence-electron chi connectivity index (χ1n) is 8.07. The van der Waals surface area contributed by atoms with Crippen molar-refractivity contribution in [2.75, 3.05) is 24.5 Å². The Balaban J connectivity index is 0.00000192. The summed E-state index contributed by atoms with van der Waals surface area (Å²) in [5.74, 6) is 0.245. The van der Waals surface area contributed by atoms with Gasteiger partial charge in [-0.2, -0.15) is 0 Å². The molecular weight excluding hydrogens is 314 g/mol. The van der Waals surface area contributed by atoms with E-state index in [-0.39, 0.29) is 30.3 Å². The lowest BCUT2D eigenvalue weighted by Gasteiger charge is -2.32. The Morgan fingerprint density at radius 2 is 1.87 bits per heavy atom. The average Bonchev–Trinajstić information content (AvgIpc) is 2.54. The molecular formula is C17H24ClN3O2. The van der Waals surface area contributed by atoms with E-state index in [1.165, 1.54) is 5.56 Å². The second-order valence-electron chi connectivity index (χ2n) is 6.14. The number of aryl methyl sites for hydroxylation is 1. The molecule has 2 heterocycles. The first kappa shape index (κ1) is 17.8. The second kappa shape index (κ2) is 7.79. The molecule has 0 atom stereocenters. The van der Waals surface area contributed by atoms with Gasteiger partial charge in [-0.05, 0) is 30.9 Å². The summed E-state index contributed by atoms with van der Waals surface area (Å²) in [6.45, 7) is 1.95. The number of benzene rings is 1. The van der Waals surface area contributed by atoms with Crippen molar-refractivity contribution in [3.05, 3.63) is 29.8 Å². The van der Waals surface area contributed by atoms with Gasteiger partial charge in [0.25, 0.3) is 0 Å². The van der Waals surface area contributed by atoms with Gasteiger partial charge in [-0.1, -0.05) is 18.2 Å². The van der Waals surface area contributed by atoms with Gasteiger partial charge in [0.05, 0.1) is 0 Å². The van der Waals surface area contributed by atoms with Gasteiger partial charge in [0, 0.05) is 44.2 Å². The topological polar surface area (TPSA) is 66.6 Å². The highest BCUT2D eigenvalue weighted by molar-refractivity contribution is 5.97. The molecule has 23 heavy (non-hydrogen) atoms. The van der Waals surface area contributed by atoms with Gasteiger partial charge in [0.15, 0.2) is 0 Å². The molecule has 0 aliphatic carbocycles. The van der Waals surface area contributed by atoms with Gasteiger partial charge < -0.3 is 15.5 Å². The molecule has 1 saturated heterocycles. The van der Waals surface area contributed by atoms with Crippen molar-refractivity contribution in [3.8, 4) is 0 Å². The molecule has 0 saturated carbocycles. The zero-order valence-corrected chi connectivity index (χ0v) is 14.1. The molecule has 0 bridgehead atoms. The highest BCUT2D eigenvalue weighted by Gasteiger charge is 2.26. The average molecular weight is 338 g/mol. The van der Waals surface area contributed by atoms with Crippen molar-refractivity contribution in [2.45, 2.75) is 38.1 Å². The number of rotatable bonds is 3. The number of carbonyl (C=O) groups excluding carboxylic acids is 2. The molecule has 3 rings (SSSR count). The molecule has 0 aromatic heterocycles. The Bertz CT molecular complexity index is 571.